The third-order valence-corrected chi connectivity index (χ3v) is 4.29. The number of imidazole rings is 1. The summed E-state index contributed by atoms with van der Waals surface area (Å²) in [5.41, 5.74) is 6.25. The smallest absolute Gasteiger partial charge is 0.384 e. The average Bonchev–Trinajstić information content (AvgIpc) is 3.18. The third kappa shape index (κ3) is 4.04. The lowest BCUT2D eigenvalue weighted by atomic mass is 10.1. The molecule has 3 aromatic heterocycles. The van der Waals surface area contributed by atoms with Crippen LogP contribution in [-0.4, -0.2) is 24.5 Å². The molecule has 0 aliphatic carbocycles. The molecule has 4 rings (SSSR count). The highest BCUT2D eigenvalue weighted by atomic mass is 35.5. The zero-order valence-corrected chi connectivity index (χ0v) is 15.4. The summed E-state index contributed by atoms with van der Waals surface area (Å²) in [6.45, 7) is 0. The Kier molecular flexibility index (Phi) is 4.67. The molecule has 0 fully saturated rings. The van der Waals surface area contributed by atoms with E-state index in [1.807, 2.05) is 0 Å². The molecule has 0 atom stereocenters. The number of hydrogen-bond donors (Lipinski definition) is 1. The second kappa shape index (κ2) is 7.17. The molecule has 3 heterocycles. The highest BCUT2D eigenvalue weighted by molar-refractivity contribution is 6.30. The Balaban J connectivity index is 1.80. The number of benzene rings is 1. The Labute approximate surface area is 167 Å². The number of anilines is 1. The van der Waals surface area contributed by atoms with Crippen LogP contribution in [0.5, 0.6) is 0 Å². The van der Waals surface area contributed by atoms with E-state index in [0.29, 0.717) is 27.7 Å². The van der Waals surface area contributed by atoms with E-state index in [1.54, 1.807) is 36.4 Å². The molecule has 2 N–H and O–H groups in total. The van der Waals surface area contributed by atoms with Gasteiger partial charge in [-0.3, -0.25) is 4.57 Å². The van der Waals surface area contributed by atoms with E-state index in [-0.39, 0.29) is 11.6 Å². The Morgan fingerprint density at radius 2 is 1.62 bits per heavy atom. The van der Waals surface area contributed by atoms with Gasteiger partial charge in [0.1, 0.15) is 12.1 Å². The number of aromatic nitrogens is 5. The van der Waals surface area contributed by atoms with Crippen molar-refractivity contribution in [1.82, 2.24) is 24.5 Å². The highest BCUT2D eigenvalue weighted by Crippen LogP contribution is 2.31. The molecule has 0 radical (unpaired) electrons. The van der Waals surface area contributed by atoms with Crippen molar-refractivity contribution in [1.29, 1.82) is 0 Å². The predicted octanol–water partition coefficient (Wildman–Crippen LogP) is 4.65. The van der Waals surface area contributed by atoms with Gasteiger partial charge in [0.2, 0.25) is 5.95 Å². The summed E-state index contributed by atoms with van der Waals surface area (Å²) in [6.07, 6.45) is -0.252. The van der Waals surface area contributed by atoms with Gasteiger partial charge in [0.05, 0.1) is 11.4 Å². The van der Waals surface area contributed by atoms with Gasteiger partial charge < -0.3 is 5.73 Å². The normalized spacial score (nSPS) is 11.6. The summed E-state index contributed by atoms with van der Waals surface area (Å²) < 4.78 is 41.5. The fraction of sp³-hybridized carbons (Fsp3) is 0.0526. The molecule has 0 unspecified atom stereocenters. The summed E-state index contributed by atoms with van der Waals surface area (Å²) in [5.74, 6) is 0.189. The molecule has 0 saturated heterocycles. The standard InChI is InChI=1S/C19H12ClF3N6/c20-13-4-1-11(2-5-13)14-7-16(19(21,22)23)28-18(27-14)29-9-15(26-10-29)12-3-6-17(24)25-8-12/h1-10H,(H2,24,25). The molecular weight excluding hydrogens is 405 g/mol. The van der Waals surface area contributed by atoms with Crippen LogP contribution in [0, 0.1) is 0 Å². The minimum atomic E-state index is -4.64. The molecule has 0 amide bonds. The van der Waals surface area contributed by atoms with Gasteiger partial charge in [0.15, 0.2) is 5.69 Å². The lowest BCUT2D eigenvalue weighted by Gasteiger charge is -2.11. The molecular formula is C19H12ClF3N6. The fourth-order valence-corrected chi connectivity index (χ4v) is 2.73. The molecule has 10 heteroatoms. The first-order chi connectivity index (χ1) is 13.8. The first kappa shape index (κ1) is 18.9. The monoisotopic (exact) mass is 416 g/mol. The maximum Gasteiger partial charge on any atom is 0.433 e. The van der Waals surface area contributed by atoms with Gasteiger partial charge in [-0.15, -0.1) is 0 Å². The van der Waals surface area contributed by atoms with E-state index in [2.05, 4.69) is 19.9 Å². The van der Waals surface area contributed by atoms with Crippen LogP contribution in [0.3, 0.4) is 0 Å². The topological polar surface area (TPSA) is 82.5 Å². The van der Waals surface area contributed by atoms with Crippen molar-refractivity contribution in [2.75, 3.05) is 5.73 Å². The summed E-state index contributed by atoms with van der Waals surface area (Å²) in [6, 6.07) is 10.6. The zero-order chi connectivity index (χ0) is 20.6. The van der Waals surface area contributed by atoms with Crippen molar-refractivity contribution < 1.29 is 13.2 Å². The van der Waals surface area contributed by atoms with E-state index >= 15 is 0 Å². The van der Waals surface area contributed by atoms with Gasteiger partial charge in [-0.2, -0.15) is 13.2 Å². The lowest BCUT2D eigenvalue weighted by Crippen LogP contribution is -2.12. The Hall–Kier alpha value is -3.46. The van der Waals surface area contributed by atoms with Gasteiger partial charge in [-0.05, 0) is 30.3 Å². The van der Waals surface area contributed by atoms with E-state index in [1.165, 1.54) is 23.3 Å². The van der Waals surface area contributed by atoms with Crippen LogP contribution in [0.1, 0.15) is 5.69 Å². The van der Waals surface area contributed by atoms with Crippen LogP contribution >= 0.6 is 11.6 Å². The molecule has 0 bridgehead atoms. The number of nitrogens with two attached hydrogens (primary N) is 1. The predicted molar refractivity (Wildman–Crippen MR) is 102 cm³/mol. The van der Waals surface area contributed by atoms with Crippen LogP contribution in [0.2, 0.25) is 5.02 Å². The van der Waals surface area contributed by atoms with Crippen LogP contribution < -0.4 is 5.73 Å². The molecule has 146 valence electrons. The van der Waals surface area contributed by atoms with Crippen molar-refractivity contribution in [3.63, 3.8) is 0 Å². The SMILES string of the molecule is Nc1ccc(-c2cn(-c3nc(-c4ccc(Cl)cc4)cc(C(F)(F)F)n3)cn2)cn1. The van der Waals surface area contributed by atoms with Gasteiger partial charge in [0, 0.05) is 28.5 Å². The number of halogens is 4. The zero-order valence-electron chi connectivity index (χ0n) is 14.6. The molecule has 4 aromatic rings. The Morgan fingerprint density at radius 3 is 2.28 bits per heavy atom. The quantitative estimate of drug-likeness (QED) is 0.526. The number of hydrogen-bond acceptors (Lipinski definition) is 5. The van der Waals surface area contributed by atoms with Crippen molar-refractivity contribution in [2.45, 2.75) is 6.18 Å². The molecule has 6 nitrogen and oxygen atoms in total. The average molecular weight is 417 g/mol. The lowest BCUT2D eigenvalue weighted by molar-refractivity contribution is -0.141. The fourth-order valence-electron chi connectivity index (χ4n) is 2.60. The van der Waals surface area contributed by atoms with Crippen molar-refractivity contribution in [3.8, 4) is 28.5 Å². The summed E-state index contributed by atoms with van der Waals surface area (Å²) >= 11 is 5.86. The summed E-state index contributed by atoms with van der Waals surface area (Å²) in [4.78, 5) is 16.1. The van der Waals surface area contributed by atoms with Gasteiger partial charge in [0.25, 0.3) is 0 Å². The van der Waals surface area contributed by atoms with Gasteiger partial charge in [-0.25, -0.2) is 19.9 Å². The van der Waals surface area contributed by atoms with E-state index in [0.717, 1.165) is 6.07 Å². The number of nitrogen functional groups attached to an aromatic ring is 1. The summed E-state index contributed by atoms with van der Waals surface area (Å²) in [7, 11) is 0. The first-order valence-corrected chi connectivity index (χ1v) is 8.66. The van der Waals surface area contributed by atoms with Crippen LogP contribution in [0.4, 0.5) is 19.0 Å². The second-order valence-electron chi connectivity index (χ2n) is 6.08. The Bertz CT molecular complexity index is 1150. The molecule has 0 aliphatic rings. The molecule has 1 aromatic carbocycles. The van der Waals surface area contributed by atoms with Gasteiger partial charge in [-0.1, -0.05) is 23.7 Å². The minimum absolute atomic E-state index is 0.114. The Morgan fingerprint density at radius 1 is 0.897 bits per heavy atom. The number of alkyl halides is 3. The number of nitrogens with zero attached hydrogens (tertiary/aromatic N) is 5. The maximum atomic E-state index is 13.4. The minimum Gasteiger partial charge on any atom is -0.384 e. The maximum absolute atomic E-state index is 13.4. The van der Waals surface area contributed by atoms with Crippen molar-refractivity contribution >= 4 is 17.4 Å². The number of rotatable bonds is 3. The molecule has 0 spiro atoms. The van der Waals surface area contributed by atoms with E-state index in [4.69, 9.17) is 17.3 Å². The largest absolute Gasteiger partial charge is 0.433 e. The first-order valence-electron chi connectivity index (χ1n) is 8.28. The molecule has 0 aliphatic heterocycles. The van der Waals surface area contributed by atoms with Crippen molar-refractivity contribution in [3.05, 3.63) is 71.9 Å². The second-order valence-corrected chi connectivity index (χ2v) is 6.52. The van der Waals surface area contributed by atoms with Crippen LogP contribution in [0.25, 0.3) is 28.5 Å². The summed E-state index contributed by atoms with van der Waals surface area (Å²) in [5, 5.41) is 0.468. The highest BCUT2D eigenvalue weighted by Gasteiger charge is 2.34. The van der Waals surface area contributed by atoms with E-state index in [9.17, 15) is 13.2 Å². The van der Waals surface area contributed by atoms with Crippen LogP contribution in [-0.2, 0) is 6.18 Å². The van der Waals surface area contributed by atoms with E-state index < -0.39 is 11.9 Å². The van der Waals surface area contributed by atoms with Gasteiger partial charge >= 0.3 is 6.18 Å². The van der Waals surface area contributed by atoms with Crippen molar-refractivity contribution in [2.24, 2.45) is 0 Å². The van der Waals surface area contributed by atoms with Crippen LogP contribution in [0.15, 0.2) is 61.2 Å². The number of pyridine rings is 1. The molecule has 0 saturated carbocycles. The molecule has 29 heavy (non-hydrogen) atoms. The third-order valence-electron chi connectivity index (χ3n) is 4.04.